The molecule has 0 N–H and O–H groups in total. The Labute approximate surface area is 200 Å². The molecule has 1 aromatic carbocycles. The fraction of sp³-hybridized carbons (Fsp3) is 0.625. The molecule has 4 rings (SSSR count). The molecule has 0 spiro atoms. The van der Waals surface area contributed by atoms with Gasteiger partial charge in [0.2, 0.25) is 5.91 Å². The molecule has 9 heteroatoms. The van der Waals surface area contributed by atoms with E-state index in [0.717, 1.165) is 35.8 Å². The van der Waals surface area contributed by atoms with E-state index in [1.807, 2.05) is 23.1 Å². The van der Waals surface area contributed by atoms with Crippen LogP contribution < -0.4 is 9.47 Å². The van der Waals surface area contributed by atoms with E-state index >= 15 is 0 Å². The van der Waals surface area contributed by atoms with Gasteiger partial charge in [-0.15, -0.1) is 10.2 Å². The molecule has 1 aliphatic carbocycles. The number of hydrogen-bond donors (Lipinski definition) is 0. The average molecular weight is 475 g/mol. The fourth-order valence-electron chi connectivity index (χ4n) is 4.63. The molecule has 2 aromatic rings. The second-order valence-corrected chi connectivity index (χ2v) is 9.51. The molecule has 0 bridgehead atoms. The molecule has 1 unspecified atom stereocenters. The molecule has 1 atom stereocenters. The zero-order chi connectivity index (χ0) is 23.2. The monoisotopic (exact) mass is 474 g/mol. The number of morpholine rings is 1. The van der Waals surface area contributed by atoms with Gasteiger partial charge < -0.3 is 19.1 Å². The second kappa shape index (κ2) is 11.2. The first-order valence-electron chi connectivity index (χ1n) is 11.8. The maximum absolute atomic E-state index is 12.9. The third-order valence-corrected chi connectivity index (χ3v) is 7.45. The molecule has 1 aromatic heterocycles. The van der Waals surface area contributed by atoms with Gasteiger partial charge in [0.25, 0.3) is 0 Å². The molecule has 2 fully saturated rings. The lowest BCUT2D eigenvalue weighted by Crippen LogP contribution is -2.46. The van der Waals surface area contributed by atoms with Crippen molar-refractivity contribution < 1.29 is 19.0 Å². The van der Waals surface area contributed by atoms with E-state index in [9.17, 15) is 4.79 Å². The van der Waals surface area contributed by atoms with E-state index in [1.165, 1.54) is 31.0 Å². The van der Waals surface area contributed by atoms with Gasteiger partial charge in [0.1, 0.15) is 0 Å². The number of hydrogen-bond acceptors (Lipinski definition) is 7. The third kappa shape index (κ3) is 5.46. The quantitative estimate of drug-likeness (QED) is 0.531. The van der Waals surface area contributed by atoms with Crippen molar-refractivity contribution in [3.63, 3.8) is 0 Å². The van der Waals surface area contributed by atoms with Crippen molar-refractivity contribution in [2.45, 2.75) is 62.8 Å². The molecule has 2 heterocycles. The molecule has 2 aliphatic rings. The van der Waals surface area contributed by atoms with Crippen molar-refractivity contribution in [3.8, 4) is 22.9 Å². The smallest absolute Gasteiger partial charge is 0.233 e. The molecule has 0 radical (unpaired) electrons. The van der Waals surface area contributed by atoms with Crippen LogP contribution in [0, 0.1) is 0 Å². The van der Waals surface area contributed by atoms with Gasteiger partial charge in [-0.05, 0) is 37.5 Å². The summed E-state index contributed by atoms with van der Waals surface area (Å²) in [4.78, 5) is 14.8. The van der Waals surface area contributed by atoms with Gasteiger partial charge in [0.05, 0.1) is 32.7 Å². The van der Waals surface area contributed by atoms with E-state index in [2.05, 4.69) is 21.7 Å². The van der Waals surface area contributed by atoms with Crippen molar-refractivity contribution in [3.05, 3.63) is 18.2 Å². The van der Waals surface area contributed by atoms with Crippen molar-refractivity contribution in [1.82, 2.24) is 19.7 Å². The summed E-state index contributed by atoms with van der Waals surface area (Å²) < 4.78 is 18.9. The summed E-state index contributed by atoms with van der Waals surface area (Å²) in [6.45, 7) is 4.02. The number of rotatable bonds is 8. The first-order valence-corrected chi connectivity index (χ1v) is 12.8. The normalized spacial score (nSPS) is 19.5. The maximum Gasteiger partial charge on any atom is 0.233 e. The maximum atomic E-state index is 12.9. The van der Waals surface area contributed by atoms with Crippen LogP contribution in [0.4, 0.5) is 0 Å². The van der Waals surface area contributed by atoms with Crippen molar-refractivity contribution in [1.29, 1.82) is 0 Å². The Kier molecular flexibility index (Phi) is 8.14. The number of aromatic nitrogens is 3. The number of ether oxygens (including phenoxy) is 3. The van der Waals surface area contributed by atoms with Gasteiger partial charge in [0, 0.05) is 24.7 Å². The molecule has 1 aliphatic heterocycles. The largest absolute Gasteiger partial charge is 0.493 e. The zero-order valence-corrected chi connectivity index (χ0v) is 20.6. The Balaban J connectivity index is 1.57. The van der Waals surface area contributed by atoms with E-state index in [4.69, 9.17) is 14.2 Å². The van der Waals surface area contributed by atoms with Gasteiger partial charge in [-0.1, -0.05) is 37.9 Å². The zero-order valence-electron chi connectivity index (χ0n) is 19.8. The minimum Gasteiger partial charge on any atom is -0.493 e. The second-order valence-electron chi connectivity index (χ2n) is 8.57. The van der Waals surface area contributed by atoms with Gasteiger partial charge >= 0.3 is 0 Å². The predicted molar refractivity (Wildman–Crippen MR) is 128 cm³/mol. The van der Waals surface area contributed by atoms with Crippen LogP contribution in [0.25, 0.3) is 11.4 Å². The van der Waals surface area contributed by atoms with Crippen molar-refractivity contribution in [2.24, 2.45) is 0 Å². The summed E-state index contributed by atoms with van der Waals surface area (Å²) in [5, 5.41) is 9.89. The molecule has 1 amide bonds. The molecular formula is C24H34N4O4S. The van der Waals surface area contributed by atoms with Gasteiger partial charge in [-0.2, -0.15) is 0 Å². The molecule has 1 saturated heterocycles. The van der Waals surface area contributed by atoms with Crippen LogP contribution in [-0.2, 0) is 9.53 Å². The Bertz CT molecular complexity index is 945. The van der Waals surface area contributed by atoms with Crippen LogP contribution in [-0.4, -0.2) is 71.3 Å². The van der Waals surface area contributed by atoms with Gasteiger partial charge in [-0.25, -0.2) is 0 Å². The minimum absolute atomic E-state index is 0.132. The van der Waals surface area contributed by atoms with Crippen molar-refractivity contribution in [2.75, 3.05) is 39.7 Å². The fourth-order valence-corrected chi connectivity index (χ4v) is 5.53. The van der Waals surface area contributed by atoms with E-state index in [1.54, 1.807) is 14.2 Å². The summed E-state index contributed by atoms with van der Waals surface area (Å²) in [5.74, 6) is 2.65. The number of nitrogens with zero attached hydrogens (tertiary/aromatic N) is 4. The van der Waals surface area contributed by atoms with Gasteiger partial charge in [0.15, 0.2) is 22.5 Å². The van der Waals surface area contributed by atoms with Crippen LogP contribution in [0.1, 0.15) is 51.5 Å². The lowest BCUT2D eigenvalue weighted by atomic mass is 9.95. The minimum atomic E-state index is 0.132. The highest BCUT2D eigenvalue weighted by atomic mass is 32.2. The lowest BCUT2D eigenvalue weighted by molar-refractivity contribution is -0.135. The number of carbonyl (C=O) groups is 1. The molecule has 33 heavy (non-hydrogen) atoms. The Morgan fingerprint density at radius 2 is 1.94 bits per heavy atom. The molecule has 1 saturated carbocycles. The topological polar surface area (TPSA) is 78.7 Å². The van der Waals surface area contributed by atoms with Crippen LogP contribution in [0.3, 0.4) is 0 Å². The highest BCUT2D eigenvalue weighted by Gasteiger charge is 2.27. The summed E-state index contributed by atoms with van der Waals surface area (Å²) in [7, 11) is 3.26. The Hall–Kier alpha value is -2.26. The summed E-state index contributed by atoms with van der Waals surface area (Å²) in [5.41, 5.74) is 0.933. The molecular weight excluding hydrogens is 440 g/mol. The lowest BCUT2D eigenvalue weighted by Gasteiger charge is -2.32. The highest BCUT2D eigenvalue weighted by molar-refractivity contribution is 7.99. The summed E-state index contributed by atoms with van der Waals surface area (Å²) >= 11 is 1.49. The van der Waals surface area contributed by atoms with E-state index < -0.39 is 0 Å². The van der Waals surface area contributed by atoms with Crippen LogP contribution >= 0.6 is 11.8 Å². The molecule has 180 valence electrons. The van der Waals surface area contributed by atoms with Crippen LogP contribution in [0.5, 0.6) is 11.5 Å². The van der Waals surface area contributed by atoms with E-state index in [-0.39, 0.29) is 12.0 Å². The third-order valence-electron chi connectivity index (χ3n) is 6.52. The number of thioether (sulfide) groups is 1. The number of carbonyl (C=O) groups excluding carboxylic acids is 1. The number of amides is 1. The Morgan fingerprint density at radius 1 is 1.15 bits per heavy atom. The van der Waals surface area contributed by atoms with E-state index in [0.29, 0.717) is 43.0 Å². The Morgan fingerprint density at radius 3 is 2.67 bits per heavy atom. The number of methoxy groups -OCH3 is 2. The summed E-state index contributed by atoms with van der Waals surface area (Å²) in [6, 6.07) is 6.17. The highest BCUT2D eigenvalue weighted by Crippen LogP contribution is 2.38. The first-order chi connectivity index (χ1) is 16.1. The predicted octanol–water partition coefficient (Wildman–Crippen LogP) is 4.20. The number of benzene rings is 1. The first kappa shape index (κ1) is 23.9. The van der Waals surface area contributed by atoms with Crippen molar-refractivity contribution >= 4 is 17.7 Å². The molecule has 8 nitrogen and oxygen atoms in total. The standard InChI is InChI=1S/C24H34N4O4S/c1-4-19-15-27(12-13-32-19)22(29)16-33-24-26-25-23(28(24)18-8-6-5-7-9-18)17-10-11-20(30-2)21(14-17)31-3/h10-11,14,18-19H,4-9,12-13,15-16H2,1-3H3. The summed E-state index contributed by atoms with van der Waals surface area (Å²) in [6.07, 6.45) is 6.91. The van der Waals surface area contributed by atoms with Crippen LogP contribution in [0.15, 0.2) is 23.4 Å². The average Bonchev–Trinajstić information content (AvgIpc) is 3.31. The van der Waals surface area contributed by atoms with Crippen LogP contribution in [0.2, 0.25) is 0 Å². The van der Waals surface area contributed by atoms with Gasteiger partial charge in [-0.3, -0.25) is 9.36 Å². The SMILES string of the molecule is CCC1CN(C(=O)CSc2nnc(-c3ccc(OC)c(OC)c3)n2C2CCCCC2)CCO1.